The largest absolute Gasteiger partial charge is 0.384 e. The molecule has 1 amide bonds. The van der Waals surface area contributed by atoms with Gasteiger partial charge in [-0.2, -0.15) is 0 Å². The van der Waals surface area contributed by atoms with E-state index in [1.165, 1.54) is 12.1 Å². The summed E-state index contributed by atoms with van der Waals surface area (Å²) in [5, 5.41) is 2.92. The van der Waals surface area contributed by atoms with Gasteiger partial charge in [0, 0.05) is 11.8 Å². The number of hydrogen-bond donors (Lipinski definition) is 2. The molecule has 0 unspecified atom stereocenters. The molecule has 2 aromatic rings. The molecule has 0 spiro atoms. The molecule has 0 saturated carbocycles. The van der Waals surface area contributed by atoms with E-state index in [1.54, 1.807) is 12.4 Å². The monoisotopic (exact) mass is 262 g/mol. The summed E-state index contributed by atoms with van der Waals surface area (Å²) < 4.78 is 0. The van der Waals surface area contributed by atoms with Gasteiger partial charge in [-0.1, -0.05) is 11.6 Å². The van der Waals surface area contributed by atoms with Crippen molar-refractivity contribution in [3.8, 4) is 0 Å². The van der Waals surface area contributed by atoms with Crippen molar-refractivity contribution in [3.05, 3.63) is 46.9 Å². The summed E-state index contributed by atoms with van der Waals surface area (Å²) in [5.74, 6) is -0.0994. The smallest absolute Gasteiger partial charge is 0.255 e. The van der Waals surface area contributed by atoms with Crippen LogP contribution in [0.4, 0.5) is 11.5 Å². The standard InChI is InChI=1S/C12H11ClN4O/c1-7-2-3-15-6-9(7)16-12(18)8-4-10(13)17-11(14)5-8/h2-6H,1H3,(H2,14,17)(H,16,18). The average Bonchev–Trinajstić information content (AvgIpc) is 2.31. The van der Waals surface area contributed by atoms with Crippen LogP contribution in [0.1, 0.15) is 15.9 Å². The molecule has 2 aromatic heterocycles. The van der Waals surface area contributed by atoms with Gasteiger partial charge in [-0.15, -0.1) is 0 Å². The number of anilines is 2. The number of nitrogens with two attached hydrogens (primary N) is 1. The van der Waals surface area contributed by atoms with Gasteiger partial charge in [-0.3, -0.25) is 9.78 Å². The molecule has 3 N–H and O–H groups in total. The van der Waals surface area contributed by atoms with Gasteiger partial charge in [-0.05, 0) is 30.7 Å². The van der Waals surface area contributed by atoms with E-state index in [-0.39, 0.29) is 16.9 Å². The molecule has 0 fully saturated rings. The first-order valence-corrected chi connectivity index (χ1v) is 5.59. The maximum atomic E-state index is 12.0. The number of carbonyl (C=O) groups is 1. The lowest BCUT2D eigenvalue weighted by molar-refractivity contribution is 0.102. The predicted molar refractivity (Wildman–Crippen MR) is 70.6 cm³/mol. The molecule has 0 aliphatic rings. The van der Waals surface area contributed by atoms with Crippen LogP contribution in [-0.2, 0) is 0 Å². The molecular weight excluding hydrogens is 252 g/mol. The van der Waals surface area contributed by atoms with Crippen LogP contribution in [0, 0.1) is 6.92 Å². The minimum atomic E-state index is -0.304. The Morgan fingerprint density at radius 3 is 2.89 bits per heavy atom. The first-order valence-electron chi connectivity index (χ1n) is 5.21. The third-order valence-corrected chi connectivity index (χ3v) is 2.56. The van der Waals surface area contributed by atoms with Crippen LogP contribution in [-0.4, -0.2) is 15.9 Å². The Bertz CT molecular complexity index is 580. The third kappa shape index (κ3) is 2.75. The van der Waals surface area contributed by atoms with E-state index in [9.17, 15) is 4.79 Å². The quantitative estimate of drug-likeness (QED) is 0.814. The molecule has 0 radical (unpaired) electrons. The summed E-state index contributed by atoms with van der Waals surface area (Å²) >= 11 is 5.74. The zero-order chi connectivity index (χ0) is 13.1. The van der Waals surface area contributed by atoms with Crippen LogP contribution >= 0.6 is 11.6 Å². The van der Waals surface area contributed by atoms with Crippen molar-refractivity contribution in [2.75, 3.05) is 11.1 Å². The first kappa shape index (κ1) is 12.3. The number of amides is 1. The number of aromatic nitrogens is 2. The normalized spacial score (nSPS) is 10.1. The number of halogens is 1. The molecular formula is C12H11ClN4O. The summed E-state index contributed by atoms with van der Waals surface area (Å²) in [6.45, 7) is 1.88. The fourth-order valence-corrected chi connectivity index (χ4v) is 1.65. The van der Waals surface area contributed by atoms with Gasteiger partial charge in [0.25, 0.3) is 5.91 Å². The van der Waals surface area contributed by atoms with Crippen LogP contribution in [0.15, 0.2) is 30.6 Å². The second kappa shape index (κ2) is 5.01. The molecule has 0 aliphatic heterocycles. The molecule has 0 aromatic carbocycles. The van der Waals surface area contributed by atoms with E-state index in [2.05, 4.69) is 15.3 Å². The third-order valence-electron chi connectivity index (χ3n) is 2.36. The zero-order valence-electron chi connectivity index (χ0n) is 9.64. The molecule has 0 bridgehead atoms. The Morgan fingerprint density at radius 1 is 1.44 bits per heavy atom. The molecule has 6 heteroatoms. The Hall–Kier alpha value is -2.14. The predicted octanol–water partition coefficient (Wildman–Crippen LogP) is 2.27. The van der Waals surface area contributed by atoms with Gasteiger partial charge in [0.1, 0.15) is 11.0 Å². The van der Waals surface area contributed by atoms with Crippen LogP contribution in [0.5, 0.6) is 0 Å². The van der Waals surface area contributed by atoms with Gasteiger partial charge in [-0.25, -0.2) is 4.98 Å². The Balaban J connectivity index is 2.25. The fraction of sp³-hybridized carbons (Fsp3) is 0.0833. The molecule has 2 rings (SSSR count). The number of pyridine rings is 2. The lowest BCUT2D eigenvalue weighted by Crippen LogP contribution is -2.13. The average molecular weight is 263 g/mol. The van der Waals surface area contributed by atoms with E-state index in [1.807, 2.05) is 13.0 Å². The maximum Gasteiger partial charge on any atom is 0.255 e. The number of nitrogen functional groups attached to an aromatic ring is 1. The van der Waals surface area contributed by atoms with Crippen molar-refractivity contribution in [1.82, 2.24) is 9.97 Å². The van der Waals surface area contributed by atoms with Crippen molar-refractivity contribution in [2.45, 2.75) is 6.92 Å². The number of aryl methyl sites for hydroxylation is 1. The van der Waals surface area contributed by atoms with E-state index in [0.29, 0.717) is 11.3 Å². The van der Waals surface area contributed by atoms with Crippen LogP contribution in [0.2, 0.25) is 5.15 Å². The van der Waals surface area contributed by atoms with Gasteiger partial charge >= 0.3 is 0 Å². The molecule has 0 saturated heterocycles. The van der Waals surface area contributed by atoms with Gasteiger partial charge in [0.15, 0.2) is 0 Å². The fourth-order valence-electron chi connectivity index (χ4n) is 1.44. The molecule has 92 valence electrons. The zero-order valence-corrected chi connectivity index (χ0v) is 10.4. The van der Waals surface area contributed by atoms with Gasteiger partial charge in [0.05, 0.1) is 11.9 Å². The second-order valence-corrected chi connectivity index (χ2v) is 4.14. The minimum absolute atomic E-state index is 0.183. The molecule has 2 heterocycles. The van der Waals surface area contributed by atoms with Crippen molar-refractivity contribution < 1.29 is 4.79 Å². The summed E-state index contributed by atoms with van der Waals surface area (Å²) in [7, 11) is 0. The number of nitrogens with one attached hydrogen (secondary N) is 1. The summed E-state index contributed by atoms with van der Waals surface area (Å²) in [5.41, 5.74) is 7.46. The lowest BCUT2D eigenvalue weighted by Gasteiger charge is -2.08. The van der Waals surface area contributed by atoms with Gasteiger partial charge in [0.2, 0.25) is 0 Å². The van der Waals surface area contributed by atoms with Crippen LogP contribution < -0.4 is 11.1 Å². The maximum absolute atomic E-state index is 12.0. The molecule has 0 aliphatic carbocycles. The number of rotatable bonds is 2. The minimum Gasteiger partial charge on any atom is -0.384 e. The topological polar surface area (TPSA) is 80.9 Å². The molecule has 18 heavy (non-hydrogen) atoms. The Morgan fingerprint density at radius 2 is 2.22 bits per heavy atom. The highest BCUT2D eigenvalue weighted by Crippen LogP contribution is 2.16. The number of carbonyl (C=O) groups excluding carboxylic acids is 1. The number of hydrogen-bond acceptors (Lipinski definition) is 4. The second-order valence-electron chi connectivity index (χ2n) is 3.75. The Labute approximate surface area is 109 Å². The van der Waals surface area contributed by atoms with E-state index in [0.717, 1.165) is 5.56 Å². The van der Waals surface area contributed by atoms with Crippen LogP contribution in [0.3, 0.4) is 0 Å². The molecule has 5 nitrogen and oxygen atoms in total. The SMILES string of the molecule is Cc1ccncc1NC(=O)c1cc(N)nc(Cl)c1. The van der Waals surface area contributed by atoms with Crippen LogP contribution in [0.25, 0.3) is 0 Å². The van der Waals surface area contributed by atoms with E-state index in [4.69, 9.17) is 17.3 Å². The van der Waals surface area contributed by atoms with Gasteiger partial charge < -0.3 is 11.1 Å². The highest BCUT2D eigenvalue weighted by Gasteiger charge is 2.09. The molecule has 0 atom stereocenters. The van der Waals surface area contributed by atoms with Crippen molar-refractivity contribution in [3.63, 3.8) is 0 Å². The first-order chi connectivity index (χ1) is 8.56. The Kier molecular flexibility index (Phi) is 3.43. The highest BCUT2D eigenvalue weighted by molar-refractivity contribution is 6.30. The van der Waals surface area contributed by atoms with Crippen molar-refractivity contribution >= 4 is 29.0 Å². The summed E-state index contributed by atoms with van der Waals surface area (Å²) in [4.78, 5) is 19.7. The lowest BCUT2D eigenvalue weighted by atomic mass is 10.2. The highest BCUT2D eigenvalue weighted by atomic mass is 35.5. The van der Waals surface area contributed by atoms with Crippen molar-refractivity contribution in [2.24, 2.45) is 0 Å². The van der Waals surface area contributed by atoms with E-state index < -0.39 is 0 Å². The number of nitrogens with zero attached hydrogens (tertiary/aromatic N) is 2. The summed E-state index contributed by atoms with van der Waals surface area (Å²) in [6.07, 6.45) is 3.24. The van der Waals surface area contributed by atoms with E-state index >= 15 is 0 Å². The van der Waals surface area contributed by atoms with Crippen molar-refractivity contribution in [1.29, 1.82) is 0 Å². The summed E-state index contributed by atoms with van der Waals surface area (Å²) in [6, 6.07) is 4.73.